The van der Waals surface area contributed by atoms with E-state index >= 15 is 0 Å². The number of hydrogen-bond donors (Lipinski definition) is 3. The summed E-state index contributed by atoms with van der Waals surface area (Å²) in [6.45, 7) is 1.46. The topological polar surface area (TPSA) is 61.4 Å². The lowest BCUT2D eigenvalue weighted by Gasteiger charge is -2.31. The van der Waals surface area contributed by atoms with E-state index in [-0.39, 0.29) is 5.91 Å². The van der Waals surface area contributed by atoms with Gasteiger partial charge in [-0.2, -0.15) is 0 Å². The molecule has 1 amide bonds. The van der Waals surface area contributed by atoms with Crippen LogP contribution in [-0.4, -0.2) is 35.7 Å². The predicted molar refractivity (Wildman–Crippen MR) is 48.2 cm³/mol. The molecule has 0 radical (unpaired) electrons. The fraction of sp³-hybridized carbons (Fsp3) is 0.889. The highest BCUT2D eigenvalue weighted by Crippen LogP contribution is 2.23. The van der Waals surface area contributed by atoms with E-state index < -0.39 is 5.60 Å². The second kappa shape index (κ2) is 3.27. The summed E-state index contributed by atoms with van der Waals surface area (Å²) in [5, 5.41) is 15.9. The van der Waals surface area contributed by atoms with Crippen molar-refractivity contribution in [3.8, 4) is 0 Å². The molecule has 0 bridgehead atoms. The van der Waals surface area contributed by atoms with Crippen molar-refractivity contribution in [3.05, 3.63) is 0 Å². The highest BCUT2D eigenvalue weighted by molar-refractivity contribution is 5.85. The number of amides is 1. The summed E-state index contributed by atoms with van der Waals surface area (Å²) in [6, 6.07) is 0.339. The van der Waals surface area contributed by atoms with Crippen molar-refractivity contribution in [2.45, 2.75) is 37.3 Å². The highest BCUT2D eigenvalue weighted by atomic mass is 16.3. The van der Waals surface area contributed by atoms with Gasteiger partial charge >= 0.3 is 0 Å². The molecule has 0 atom stereocenters. The van der Waals surface area contributed by atoms with Crippen LogP contribution in [0.5, 0.6) is 0 Å². The molecule has 2 fully saturated rings. The minimum absolute atomic E-state index is 0.170. The second-order valence-electron chi connectivity index (χ2n) is 4.03. The monoisotopic (exact) mass is 184 g/mol. The molecule has 0 unspecified atom stereocenters. The van der Waals surface area contributed by atoms with Crippen LogP contribution in [0.2, 0.25) is 0 Å². The van der Waals surface area contributed by atoms with Crippen molar-refractivity contribution in [1.82, 2.24) is 10.6 Å². The van der Waals surface area contributed by atoms with Crippen LogP contribution in [0.3, 0.4) is 0 Å². The van der Waals surface area contributed by atoms with Gasteiger partial charge in [0, 0.05) is 6.04 Å². The molecule has 1 heterocycles. The summed E-state index contributed by atoms with van der Waals surface area (Å²) in [5.74, 6) is -0.170. The van der Waals surface area contributed by atoms with Gasteiger partial charge in [-0.3, -0.25) is 4.79 Å². The van der Waals surface area contributed by atoms with E-state index in [1.54, 1.807) is 0 Å². The average molecular weight is 184 g/mol. The van der Waals surface area contributed by atoms with E-state index in [1.807, 2.05) is 0 Å². The standard InChI is InChI=1S/C9H16N2O2/c12-8(11-7-1-2-7)9(13)3-5-10-6-4-9/h7,10,13H,1-6H2,(H,11,12). The van der Waals surface area contributed by atoms with Gasteiger partial charge in [0.15, 0.2) is 0 Å². The molecule has 0 aromatic rings. The van der Waals surface area contributed by atoms with Crippen LogP contribution in [0.25, 0.3) is 0 Å². The summed E-state index contributed by atoms with van der Waals surface area (Å²) in [6.07, 6.45) is 3.21. The van der Waals surface area contributed by atoms with Crippen LogP contribution < -0.4 is 10.6 Å². The number of rotatable bonds is 2. The Morgan fingerprint density at radius 2 is 2.00 bits per heavy atom. The lowest BCUT2D eigenvalue weighted by molar-refractivity contribution is -0.142. The largest absolute Gasteiger partial charge is 0.380 e. The molecule has 4 heteroatoms. The first kappa shape index (κ1) is 8.97. The maximum absolute atomic E-state index is 11.6. The number of piperidine rings is 1. The molecule has 74 valence electrons. The molecule has 4 nitrogen and oxygen atoms in total. The van der Waals surface area contributed by atoms with Crippen molar-refractivity contribution in [1.29, 1.82) is 0 Å². The summed E-state index contributed by atoms with van der Waals surface area (Å²) in [4.78, 5) is 11.6. The molecular formula is C9H16N2O2. The van der Waals surface area contributed by atoms with Gasteiger partial charge in [-0.1, -0.05) is 0 Å². The summed E-state index contributed by atoms with van der Waals surface area (Å²) in [7, 11) is 0. The molecule has 1 saturated heterocycles. The molecule has 0 aromatic heterocycles. The first-order valence-electron chi connectivity index (χ1n) is 4.95. The third kappa shape index (κ3) is 2.00. The summed E-state index contributed by atoms with van der Waals surface area (Å²) >= 11 is 0. The van der Waals surface area contributed by atoms with Gasteiger partial charge < -0.3 is 15.7 Å². The molecule has 1 aliphatic heterocycles. The van der Waals surface area contributed by atoms with E-state index in [2.05, 4.69) is 10.6 Å². The zero-order chi connectivity index (χ0) is 9.31. The highest BCUT2D eigenvalue weighted by Gasteiger charge is 2.39. The average Bonchev–Trinajstić information content (AvgIpc) is 2.89. The van der Waals surface area contributed by atoms with E-state index in [1.165, 1.54) is 0 Å². The summed E-state index contributed by atoms with van der Waals surface area (Å²) < 4.78 is 0. The molecule has 1 saturated carbocycles. The first-order valence-corrected chi connectivity index (χ1v) is 4.95. The number of hydrogen-bond acceptors (Lipinski definition) is 3. The fourth-order valence-corrected chi connectivity index (χ4v) is 1.61. The molecule has 0 spiro atoms. The van der Waals surface area contributed by atoms with E-state index in [0.29, 0.717) is 18.9 Å². The fourth-order valence-electron chi connectivity index (χ4n) is 1.61. The third-order valence-corrected chi connectivity index (χ3v) is 2.77. The number of carbonyl (C=O) groups excluding carboxylic acids is 1. The Kier molecular flexibility index (Phi) is 2.26. The molecule has 1 aliphatic carbocycles. The van der Waals surface area contributed by atoms with Crippen LogP contribution >= 0.6 is 0 Å². The lowest BCUT2D eigenvalue weighted by Crippen LogP contribution is -2.53. The quantitative estimate of drug-likeness (QED) is 0.536. The Morgan fingerprint density at radius 1 is 1.38 bits per heavy atom. The number of aliphatic hydroxyl groups is 1. The van der Waals surface area contributed by atoms with Crippen LogP contribution in [0.1, 0.15) is 25.7 Å². The Balaban J connectivity index is 1.90. The van der Waals surface area contributed by atoms with E-state index in [0.717, 1.165) is 25.9 Å². The van der Waals surface area contributed by atoms with Crippen molar-refractivity contribution in [2.75, 3.05) is 13.1 Å². The van der Waals surface area contributed by atoms with Gasteiger partial charge in [0.2, 0.25) is 0 Å². The van der Waals surface area contributed by atoms with Crippen LogP contribution in [-0.2, 0) is 4.79 Å². The van der Waals surface area contributed by atoms with Gasteiger partial charge in [0.25, 0.3) is 5.91 Å². The van der Waals surface area contributed by atoms with E-state index in [4.69, 9.17) is 0 Å². The Morgan fingerprint density at radius 3 is 2.54 bits per heavy atom. The van der Waals surface area contributed by atoms with Gasteiger partial charge in [-0.15, -0.1) is 0 Å². The molecular weight excluding hydrogens is 168 g/mol. The normalized spacial score (nSPS) is 26.8. The molecule has 0 aromatic carbocycles. The van der Waals surface area contributed by atoms with Crippen molar-refractivity contribution >= 4 is 5.91 Å². The minimum Gasteiger partial charge on any atom is -0.380 e. The zero-order valence-corrected chi connectivity index (χ0v) is 7.68. The van der Waals surface area contributed by atoms with E-state index in [9.17, 15) is 9.90 Å². The van der Waals surface area contributed by atoms with Crippen molar-refractivity contribution in [2.24, 2.45) is 0 Å². The zero-order valence-electron chi connectivity index (χ0n) is 7.68. The smallest absolute Gasteiger partial charge is 0.252 e. The molecule has 3 N–H and O–H groups in total. The molecule has 13 heavy (non-hydrogen) atoms. The number of nitrogens with one attached hydrogen (secondary N) is 2. The maximum Gasteiger partial charge on any atom is 0.252 e. The van der Waals surface area contributed by atoms with Gasteiger partial charge in [-0.25, -0.2) is 0 Å². The van der Waals surface area contributed by atoms with Crippen LogP contribution in [0.15, 0.2) is 0 Å². The summed E-state index contributed by atoms with van der Waals surface area (Å²) in [5.41, 5.74) is -1.10. The number of carbonyl (C=O) groups is 1. The van der Waals surface area contributed by atoms with Crippen LogP contribution in [0.4, 0.5) is 0 Å². The Hall–Kier alpha value is -0.610. The van der Waals surface area contributed by atoms with Gasteiger partial charge in [-0.05, 0) is 38.8 Å². The molecule has 2 aliphatic rings. The predicted octanol–water partition coefficient (Wildman–Crippen LogP) is -0.621. The van der Waals surface area contributed by atoms with Crippen LogP contribution in [0, 0.1) is 0 Å². The molecule has 2 rings (SSSR count). The lowest BCUT2D eigenvalue weighted by atomic mass is 9.91. The maximum atomic E-state index is 11.6. The SMILES string of the molecule is O=C(NC1CC1)C1(O)CCNCC1. The van der Waals surface area contributed by atoms with Gasteiger partial charge in [0.1, 0.15) is 5.60 Å². The Labute approximate surface area is 77.7 Å². The van der Waals surface area contributed by atoms with Crippen molar-refractivity contribution < 1.29 is 9.90 Å². The first-order chi connectivity index (χ1) is 6.21. The Bertz CT molecular complexity index is 208. The van der Waals surface area contributed by atoms with Gasteiger partial charge in [0.05, 0.1) is 0 Å². The second-order valence-corrected chi connectivity index (χ2v) is 4.03. The minimum atomic E-state index is -1.10. The van der Waals surface area contributed by atoms with Crippen molar-refractivity contribution in [3.63, 3.8) is 0 Å². The third-order valence-electron chi connectivity index (χ3n) is 2.77.